The maximum atomic E-state index is 11.7. The Hall–Kier alpha value is -1.30. The molecule has 1 aromatic heterocycles. The summed E-state index contributed by atoms with van der Waals surface area (Å²) in [4.78, 5) is 26.2. The molecule has 0 radical (unpaired) electrons. The summed E-state index contributed by atoms with van der Waals surface area (Å²) in [6.07, 6.45) is 0.787. The molecule has 0 saturated heterocycles. The molecule has 0 unspecified atom stereocenters. The van der Waals surface area contributed by atoms with Gasteiger partial charge in [-0.15, -0.1) is 0 Å². The van der Waals surface area contributed by atoms with Crippen LogP contribution in [0.1, 0.15) is 38.2 Å². The minimum Gasteiger partial charge on any atom is -0.448 e. The highest BCUT2D eigenvalue weighted by atomic mass is 79.9. The molecule has 2 N–H and O–H groups in total. The van der Waals surface area contributed by atoms with Crippen LogP contribution in [0.5, 0.6) is 0 Å². The fraction of sp³-hybridized carbons (Fsp3) is 0.500. The molecule has 0 aliphatic rings. The molecule has 1 aromatic rings. The van der Waals surface area contributed by atoms with Crippen molar-refractivity contribution in [1.29, 1.82) is 0 Å². The van der Waals surface area contributed by atoms with Crippen molar-refractivity contribution in [2.45, 2.75) is 39.3 Å². The van der Waals surface area contributed by atoms with Gasteiger partial charge in [-0.3, -0.25) is 4.79 Å². The molecule has 1 amide bonds. The molecule has 18 heavy (non-hydrogen) atoms. The molecule has 0 aromatic carbocycles. The topological polar surface area (TPSA) is 71.2 Å². The summed E-state index contributed by atoms with van der Waals surface area (Å²) in [5, 5.41) is 2.75. The van der Waals surface area contributed by atoms with Gasteiger partial charge >= 0.3 is 5.97 Å². The molecule has 0 aliphatic heterocycles. The maximum Gasteiger partial charge on any atom is 0.355 e. The average molecular weight is 317 g/mol. The fourth-order valence-corrected chi connectivity index (χ4v) is 1.58. The predicted octanol–water partition coefficient (Wildman–Crippen LogP) is 2.24. The zero-order valence-electron chi connectivity index (χ0n) is 10.8. The Morgan fingerprint density at radius 1 is 1.44 bits per heavy atom. The molecule has 6 heteroatoms. The van der Waals surface area contributed by atoms with E-state index in [0.29, 0.717) is 5.69 Å². The molecule has 0 fully saturated rings. The number of carbonyl (C=O) groups is 2. The lowest BCUT2D eigenvalue weighted by Crippen LogP contribution is -2.46. The van der Waals surface area contributed by atoms with Crippen LogP contribution in [0.4, 0.5) is 0 Å². The highest BCUT2D eigenvalue weighted by Crippen LogP contribution is 2.12. The first kappa shape index (κ1) is 14.8. The zero-order chi connectivity index (χ0) is 13.9. The van der Waals surface area contributed by atoms with Crippen LogP contribution in [0.25, 0.3) is 0 Å². The molecule has 0 spiro atoms. The number of halogens is 1. The van der Waals surface area contributed by atoms with Gasteiger partial charge in [-0.1, -0.05) is 0 Å². The van der Waals surface area contributed by atoms with Crippen LogP contribution in [-0.4, -0.2) is 28.5 Å². The van der Waals surface area contributed by atoms with Gasteiger partial charge in [0.1, 0.15) is 5.69 Å². The molecule has 0 bridgehead atoms. The lowest BCUT2D eigenvalue weighted by Gasteiger charge is -2.23. The van der Waals surface area contributed by atoms with Crippen molar-refractivity contribution in [3.63, 3.8) is 0 Å². The summed E-state index contributed by atoms with van der Waals surface area (Å²) in [6.45, 7) is 7.13. The number of hydrogen-bond donors (Lipinski definition) is 2. The molecule has 5 nitrogen and oxygen atoms in total. The normalized spacial score (nSPS) is 12.9. The van der Waals surface area contributed by atoms with Crippen molar-refractivity contribution in [1.82, 2.24) is 10.3 Å². The molecule has 0 aliphatic carbocycles. The Labute approximate surface area is 114 Å². The Kier molecular flexibility index (Phi) is 4.56. The second-order valence-electron chi connectivity index (χ2n) is 5.02. The highest BCUT2D eigenvalue weighted by Gasteiger charge is 2.23. The van der Waals surface area contributed by atoms with Gasteiger partial charge in [0.15, 0.2) is 6.10 Å². The second kappa shape index (κ2) is 5.56. The van der Waals surface area contributed by atoms with Gasteiger partial charge in [0.05, 0.1) is 0 Å². The number of rotatable bonds is 3. The number of ether oxygens (including phenoxy) is 1. The van der Waals surface area contributed by atoms with Crippen LogP contribution in [0.3, 0.4) is 0 Å². The van der Waals surface area contributed by atoms with E-state index in [1.165, 1.54) is 6.92 Å². The van der Waals surface area contributed by atoms with Crippen LogP contribution in [0, 0.1) is 0 Å². The van der Waals surface area contributed by atoms with Crippen molar-refractivity contribution in [2.75, 3.05) is 0 Å². The predicted molar refractivity (Wildman–Crippen MR) is 71.3 cm³/mol. The number of amides is 1. The number of esters is 1. The molecule has 0 saturated carbocycles. The van der Waals surface area contributed by atoms with Crippen LogP contribution >= 0.6 is 15.9 Å². The molecule has 1 atom stereocenters. The quantitative estimate of drug-likeness (QED) is 0.840. The largest absolute Gasteiger partial charge is 0.448 e. The summed E-state index contributed by atoms with van der Waals surface area (Å²) in [6, 6.07) is 1.59. The van der Waals surface area contributed by atoms with Crippen molar-refractivity contribution in [3.8, 4) is 0 Å². The van der Waals surface area contributed by atoms with E-state index in [1.54, 1.807) is 12.3 Å². The average Bonchev–Trinajstić information content (AvgIpc) is 2.62. The Bertz CT molecular complexity index is 448. The number of H-pyrrole nitrogens is 1. The van der Waals surface area contributed by atoms with Gasteiger partial charge < -0.3 is 15.0 Å². The van der Waals surface area contributed by atoms with Gasteiger partial charge in [-0.05, 0) is 49.7 Å². The van der Waals surface area contributed by atoms with Crippen LogP contribution in [0.15, 0.2) is 16.7 Å². The van der Waals surface area contributed by atoms with Crippen LogP contribution < -0.4 is 5.32 Å². The minimum absolute atomic E-state index is 0.303. The Morgan fingerprint density at radius 3 is 2.50 bits per heavy atom. The zero-order valence-corrected chi connectivity index (χ0v) is 12.4. The van der Waals surface area contributed by atoms with E-state index in [0.717, 1.165) is 4.47 Å². The van der Waals surface area contributed by atoms with E-state index in [1.807, 2.05) is 20.8 Å². The van der Waals surface area contributed by atoms with E-state index in [2.05, 4.69) is 26.2 Å². The Balaban J connectivity index is 2.57. The van der Waals surface area contributed by atoms with Gasteiger partial charge in [-0.2, -0.15) is 0 Å². The molecular formula is C12H17BrN2O3. The van der Waals surface area contributed by atoms with E-state index >= 15 is 0 Å². The first-order valence-corrected chi connectivity index (χ1v) is 6.35. The fourth-order valence-electron chi connectivity index (χ4n) is 1.23. The van der Waals surface area contributed by atoms with E-state index in [-0.39, 0.29) is 11.4 Å². The summed E-state index contributed by atoms with van der Waals surface area (Å²) < 4.78 is 5.81. The summed E-state index contributed by atoms with van der Waals surface area (Å²) in [7, 11) is 0. The molecule has 1 rings (SSSR count). The number of aromatic nitrogens is 1. The van der Waals surface area contributed by atoms with Gasteiger partial charge in [0, 0.05) is 16.2 Å². The van der Waals surface area contributed by atoms with E-state index in [4.69, 9.17) is 4.74 Å². The first-order valence-electron chi connectivity index (χ1n) is 5.56. The first-order chi connectivity index (χ1) is 8.19. The van der Waals surface area contributed by atoms with Crippen LogP contribution in [0.2, 0.25) is 0 Å². The number of carbonyl (C=O) groups excluding carboxylic acids is 2. The third-order valence-corrected chi connectivity index (χ3v) is 2.48. The number of hydrogen-bond acceptors (Lipinski definition) is 3. The maximum absolute atomic E-state index is 11.7. The van der Waals surface area contributed by atoms with Gasteiger partial charge in [-0.25, -0.2) is 4.79 Å². The summed E-state index contributed by atoms with van der Waals surface area (Å²) >= 11 is 3.22. The summed E-state index contributed by atoms with van der Waals surface area (Å²) in [5.74, 6) is -0.876. The highest BCUT2D eigenvalue weighted by molar-refractivity contribution is 9.10. The van der Waals surface area contributed by atoms with Crippen molar-refractivity contribution < 1.29 is 14.3 Å². The number of nitrogens with one attached hydrogen (secondary N) is 2. The molecule has 1 heterocycles. The molecular weight excluding hydrogens is 300 g/mol. The summed E-state index contributed by atoms with van der Waals surface area (Å²) in [5.41, 5.74) is -0.0509. The third kappa shape index (κ3) is 4.52. The third-order valence-electron chi connectivity index (χ3n) is 2.02. The SMILES string of the molecule is C[C@@H](OC(=O)c1cc(Br)c[nH]1)C(=O)NC(C)(C)C. The van der Waals surface area contributed by atoms with Crippen molar-refractivity contribution in [2.24, 2.45) is 0 Å². The number of aromatic amines is 1. The second-order valence-corrected chi connectivity index (χ2v) is 5.93. The van der Waals surface area contributed by atoms with Gasteiger partial charge in [0.2, 0.25) is 0 Å². The van der Waals surface area contributed by atoms with Crippen LogP contribution in [-0.2, 0) is 9.53 Å². The molecule has 100 valence electrons. The standard InChI is InChI=1S/C12H17BrN2O3/c1-7(10(16)15-12(2,3)4)18-11(17)9-5-8(13)6-14-9/h5-7,14H,1-4H3,(H,15,16)/t7-/m1/s1. The monoisotopic (exact) mass is 316 g/mol. The lowest BCUT2D eigenvalue weighted by molar-refractivity contribution is -0.130. The lowest BCUT2D eigenvalue weighted by atomic mass is 10.1. The van der Waals surface area contributed by atoms with E-state index in [9.17, 15) is 9.59 Å². The van der Waals surface area contributed by atoms with Crippen molar-refractivity contribution >= 4 is 27.8 Å². The smallest absolute Gasteiger partial charge is 0.355 e. The van der Waals surface area contributed by atoms with Gasteiger partial charge in [0.25, 0.3) is 5.91 Å². The minimum atomic E-state index is -0.834. The van der Waals surface area contributed by atoms with Crippen molar-refractivity contribution in [3.05, 3.63) is 22.4 Å². The van der Waals surface area contributed by atoms with E-state index < -0.39 is 12.1 Å². The Morgan fingerprint density at radius 2 is 2.06 bits per heavy atom.